The average molecular weight is 658 g/mol. The molecule has 2 atom stereocenters. The lowest BCUT2D eigenvalue weighted by molar-refractivity contribution is -0.152. The Bertz CT molecular complexity index is 1740. The Balaban J connectivity index is 1.35. The van der Waals surface area contributed by atoms with E-state index in [0.29, 0.717) is 49.8 Å². The molecule has 0 unspecified atom stereocenters. The van der Waals surface area contributed by atoms with Crippen LogP contribution in [0.5, 0.6) is 5.75 Å². The number of rotatable bonds is 7. The standard InChI is InChI=1S/C34H34ClF2NO6S/c1-33(32(40)41)15-13-21(14-16-33)31(39)38-18-17-34(45(42,43)25-9-6-23(36)7-10-25)27-11-8-24(19-22(27)5-12-30(34)38)44-20-26-28(35)3-2-4-29(26)37/h2-4,6-11,19,21,30H,5,12-18,20H2,1H3,(H,40,41)/t21-,30-,33-,34-/m1/s1. The minimum absolute atomic E-state index is 0.0274. The van der Waals surface area contributed by atoms with Crippen LogP contribution in [0.15, 0.2) is 65.6 Å². The van der Waals surface area contributed by atoms with Crippen molar-refractivity contribution in [2.24, 2.45) is 11.3 Å². The summed E-state index contributed by atoms with van der Waals surface area (Å²) >= 11 is 6.16. The number of halogens is 3. The van der Waals surface area contributed by atoms with Crippen molar-refractivity contribution in [1.29, 1.82) is 0 Å². The second-order valence-electron chi connectivity index (χ2n) is 12.6. The van der Waals surface area contributed by atoms with Crippen molar-refractivity contribution < 1.29 is 36.6 Å². The number of fused-ring (bicyclic) bond motifs is 3. The Kier molecular flexibility index (Phi) is 8.18. The van der Waals surface area contributed by atoms with Crippen molar-refractivity contribution in [3.63, 3.8) is 0 Å². The number of carboxylic acid groups (broad SMARTS) is 1. The van der Waals surface area contributed by atoms with E-state index in [1.807, 2.05) is 0 Å². The number of sulfone groups is 1. The van der Waals surface area contributed by atoms with Gasteiger partial charge < -0.3 is 14.7 Å². The number of benzene rings is 3. The van der Waals surface area contributed by atoms with Crippen LogP contribution in [0.25, 0.3) is 0 Å². The number of hydrogen-bond acceptors (Lipinski definition) is 5. The summed E-state index contributed by atoms with van der Waals surface area (Å²) in [5.74, 6) is -2.02. The summed E-state index contributed by atoms with van der Waals surface area (Å²) in [5, 5.41) is 9.89. The molecule has 0 bridgehead atoms. The minimum Gasteiger partial charge on any atom is -0.489 e. The van der Waals surface area contributed by atoms with Gasteiger partial charge in [0, 0.05) is 18.0 Å². The third-order valence-electron chi connectivity index (χ3n) is 10.1. The number of nitrogens with zero attached hydrogens (tertiary/aromatic N) is 1. The molecule has 3 aliphatic rings. The molecule has 0 radical (unpaired) electrons. The summed E-state index contributed by atoms with van der Waals surface area (Å²) in [6.45, 7) is 1.81. The first-order chi connectivity index (χ1) is 21.4. The lowest BCUT2D eigenvalue weighted by Crippen LogP contribution is -2.53. The van der Waals surface area contributed by atoms with Gasteiger partial charge >= 0.3 is 5.97 Å². The number of ether oxygens (including phenoxy) is 1. The third-order valence-corrected chi connectivity index (χ3v) is 13.0. The van der Waals surface area contributed by atoms with Crippen molar-refractivity contribution in [2.45, 2.75) is 74.2 Å². The Morgan fingerprint density at radius 1 is 1.02 bits per heavy atom. The summed E-state index contributed by atoms with van der Waals surface area (Å²) in [4.78, 5) is 27.4. The molecule has 45 heavy (non-hydrogen) atoms. The molecule has 2 aliphatic carbocycles. The molecule has 7 nitrogen and oxygen atoms in total. The second kappa shape index (κ2) is 11.7. The molecule has 6 rings (SSSR count). The lowest BCUT2D eigenvalue weighted by atomic mass is 9.71. The van der Waals surface area contributed by atoms with Gasteiger partial charge in [-0.25, -0.2) is 17.2 Å². The average Bonchev–Trinajstić information content (AvgIpc) is 3.43. The highest BCUT2D eigenvalue weighted by atomic mass is 35.5. The third kappa shape index (κ3) is 5.29. The summed E-state index contributed by atoms with van der Waals surface area (Å²) in [7, 11) is -4.14. The van der Waals surface area contributed by atoms with E-state index in [2.05, 4.69) is 0 Å². The van der Waals surface area contributed by atoms with Gasteiger partial charge in [-0.2, -0.15) is 0 Å². The van der Waals surface area contributed by atoms with Crippen molar-refractivity contribution in [3.05, 3.63) is 94.0 Å². The van der Waals surface area contributed by atoms with E-state index in [-0.39, 0.29) is 46.9 Å². The Hall–Kier alpha value is -3.50. The topological polar surface area (TPSA) is 101 Å². The molecule has 1 saturated heterocycles. The molecule has 0 aromatic heterocycles. The molecule has 1 N–H and O–H groups in total. The quantitative estimate of drug-likeness (QED) is 0.284. The first kappa shape index (κ1) is 31.5. The van der Waals surface area contributed by atoms with Crippen LogP contribution in [-0.2, 0) is 37.2 Å². The molecular formula is C34H34ClF2NO6S. The van der Waals surface area contributed by atoms with E-state index >= 15 is 0 Å². The van der Waals surface area contributed by atoms with E-state index in [1.165, 1.54) is 24.3 Å². The van der Waals surface area contributed by atoms with Gasteiger partial charge in [-0.05, 0) is 112 Å². The summed E-state index contributed by atoms with van der Waals surface area (Å²) in [5.41, 5.74) is 0.650. The fraction of sp³-hybridized carbons (Fsp3) is 0.412. The molecule has 0 spiro atoms. The number of hydrogen-bond donors (Lipinski definition) is 1. The first-order valence-corrected chi connectivity index (χ1v) is 17.0. The molecule has 1 aliphatic heterocycles. The largest absolute Gasteiger partial charge is 0.489 e. The minimum atomic E-state index is -4.14. The molecule has 3 aromatic rings. The Morgan fingerprint density at radius 2 is 1.73 bits per heavy atom. The van der Waals surface area contributed by atoms with E-state index in [0.717, 1.165) is 17.7 Å². The van der Waals surface area contributed by atoms with Gasteiger partial charge in [-0.15, -0.1) is 0 Å². The maximum atomic E-state index is 14.6. The number of carboxylic acids is 1. The van der Waals surface area contributed by atoms with E-state index < -0.39 is 43.6 Å². The molecule has 1 heterocycles. The lowest BCUT2D eigenvalue weighted by Gasteiger charge is -2.43. The molecule has 3 aromatic carbocycles. The second-order valence-corrected chi connectivity index (χ2v) is 15.2. The summed E-state index contributed by atoms with van der Waals surface area (Å²) in [6.07, 6.45) is 2.60. The molecule has 238 valence electrons. The number of likely N-dealkylation sites (tertiary alicyclic amines) is 1. The normalized spacial score (nSPS) is 26.2. The monoisotopic (exact) mass is 657 g/mol. The molecule has 11 heteroatoms. The van der Waals surface area contributed by atoms with Gasteiger partial charge in [0.2, 0.25) is 5.91 Å². The van der Waals surface area contributed by atoms with Crippen LogP contribution in [0, 0.1) is 23.0 Å². The number of aliphatic carboxylic acids is 1. The van der Waals surface area contributed by atoms with Crippen LogP contribution in [0.2, 0.25) is 5.02 Å². The maximum Gasteiger partial charge on any atom is 0.309 e. The van der Waals surface area contributed by atoms with Gasteiger partial charge in [0.1, 0.15) is 28.7 Å². The summed E-state index contributed by atoms with van der Waals surface area (Å²) in [6, 6.07) is 13.6. The van der Waals surface area contributed by atoms with Crippen LogP contribution in [0.1, 0.15) is 62.1 Å². The van der Waals surface area contributed by atoms with Crippen molar-refractivity contribution >= 4 is 33.3 Å². The molecule has 1 saturated carbocycles. The van der Waals surface area contributed by atoms with Crippen LogP contribution in [0.3, 0.4) is 0 Å². The first-order valence-electron chi connectivity index (χ1n) is 15.1. The zero-order chi connectivity index (χ0) is 32.1. The van der Waals surface area contributed by atoms with Crippen molar-refractivity contribution in [2.75, 3.05) is 6.54 Å². The smallest absolute Gasteiger partial charge is 0.309 e. The Morgan fingerprint density at radius 3 is 2.40 bits per heavy atom. The van der Waals surface area contributed by atoms with Gasteiger partial charge in [0.05, 0.1) is 21.4 Å². The van der Waals surface area contributed by atoms with E-state index in [9.17, 15) is 31.9 Å². The van der Waals surface area contributed by atoms with Gasteiger partial charge in [-0.3, -0.25) is 9.59 Å². The summed E-state index contributed by atoms with van der Waals surface area (Å²) < 4.78 is 61.9. The van der Waals surface area contributed by atoms with Gasteiger partial charge in [0.15, 0.2) is 9.84 Å². The van der Waals surface area contributed by atoms with Crippen molar-refractivity contribution in [1.82, 2.24) is 4.90 Å². The molecule has 1 amide bonds. The molecule has 2 fully saturated rings. The zero-order valence-electron chi connectivity index (χ0n) is 24.8. The van der Waals surface area contributed by atoms with Crippen LogP contribution in [-0.4, -0.2) is 42.9 Å². The fourth-order valence-electron chi connectivity index (χ4n) is 7.46. The number of amides is 1. The number of carbonyl (C=O) groups excluding carboxylic acids is 1. The highest BCUT2D eigenvalue weighted by molar-refractivity contribution is 7.92. The highest BCUT2D eigenvalue weighted by Crippen LogP contribution is 2.54. The van der Waals surface area contributed by atoms with E-state index in [4.69, 9.17) is 16.3 Å². The predicted molar refractivity (Wildman–Crippen MR) is 164 cm³/mol. The Labute approximate surface area is 266 Å². The predicted octanol–water partition coefficient (Wildman–Crippen LogP) is 6.69. The van der Waals surface area contributed by atoms with Gasteiger partial charge in [0.25, 0.3) is 0 Å². The number of carbonyl (C=O) groups is 2. The SMILES string of the molecule is C[C@]1(C(=O)O)CC[C@H](C(=O)N2CC[C@@]3(S(=O)(=O)c4ccc(F)cc4)c4ccc(OCc5c(F)cccc5Cl)cc4CC[C@@H]23)CC1. The maximum absolute atomic E-state index is 14.6. The van der Waals surface area contributed by atoms with Crippen LogP contribution in [0.4, 0.5) is 8.78 Å². The highest BCUT2D eigenvalue weighted by Gasteiger charge is 2.61. The van der Waals surface area contributed by atoms with Crippen LogP contribution >= 0.6 is 11.6 Å². The van der Waals surface area contributed by atoms with Crippen molar-refractivity contribution in [3.8, 4) is 5.75 Å². The van der Waals surface area contributed by atoms with Gasteiger partial charge in [-0.1, -0.05) is 23.7 Å². The fourth-order valence-corrected chi connectivity index (χ4v) is 10.0. The number of aryl methyl sites for hydroxylation is 1. The van der Waals surface area contributed by atoms with Crippen LogP contribution < -0.4 is 4.74 Å². The zero-order valence-corrected chi connectivity index (χ0v) is 26.3. The van der Waals surface area contributed by atoms with E-state index in [1.54, 1.807) is 36.1 Å². The molecular weight excluding hydrogens is 624 g/mol.